The molecule has 7 nitrogen and oxygen atoms in total. The van der Waals surface area contributed by atoms with Crippen LogP contribution in [0.3, 0.4) is 0 Å². The summed E-state index contributed by atoms with van der Waals surface area (Å²) in [6.45, 7) is 4.29. The Hall–Kier alpha value is -2.28. The van der Waals surface area contributed by atoms with Crippen molar-refractivity contribution in [2.75, 3.05) is 40.9 Å². The molecule has 0 saturated heterocycles. The van der Waals surface area contributed by atoms with Gasteiger partial charge in [-0.25, -0.2) is 4.99 Å². The maximum absolute atomic E-state index is 12.0. The largest absolute Gasteiger partial charge is 0.497 e. The van der Waals surface area contributed by atoms with E-state index in [1.165, 1.54) is 25.7 Å². The van der Waals surface area contributed by atoms with E-state index in [9.17, 15) is 4.79 Å². The van der Waals surface area contributed by atoms with E-state index in [-0.39, 0.29) is 18.6 Å². The number of hydrogen-bond donors (Lipinski definition) is 2. The second kappa shape index (κ2) is 13.1. The van der Waals surface area contributed by atoms with Crippen LogP contribution in [-0.4, -0.2) is 63.8 Å². The summed E-state index contributed by atoms with van der Waals surface area (Å²) in [4.78, 5) is 18.2. The fourth-order valence-corrected chi connectivity index (χ4v) is 3.72. The van der Waals surface area contributed by atoms with Gasteiger partial charge in [-0.1, -0.05) is 25.0 Å². The van der Waals surface area contributed by atoms with E-state index in [4.69, 9.17) is 9.47 Å². The van der Waals surface area contributed by atoms with E-state index in [1.807, 2.05) is 24.3 Å². The van der Waals surface area contributed by atoms with Crippen molar-refractivity contribution in [3.63, 3.8) is 0 Å². The number of hydrogen-bond acceptors (Lipinski definition) is 4. The summed E-state index contributed by atoms with van der Waals surface area (Å²) in [7, 11) is 5.15. The monoisotopic (exact) mass is 418 g/mol. The number of amides is 1. The molecule has 0 aromatic heterocycles. The number of guanidine groups is 1. The number of carbonyl (C=O) groups is 1. The molecule has 1 atom stereocenters. The van der Waals surface area contributed by atoms with Crippen LogP contribution in [0.2, 0.25) is 0 Å². The summed E-state index contributed by atoms with van der Waals surface area (Å²) < 4.78 is 11.2. The fraction of sp³-hybridized carbons (Fsp3) is 0.652. The zero-order chi connectivity index (χ0) is 21.8. The molecule has 1 saturated carbocycles. The highest BCUT2D eigenvalue weighted by Gasteiger charge is 2.25. The molecule has 1 amide bonds. The van der Waals surface area contributed by atoms with Crippen LogP contribution < -0.4 is 15.4 Å². The number of nitrogens with zero attached hydrogens (tertiary/aromatic N) is 2. The standard InChI is InChI=1S/C23H38N4O3/c1-5-30-21(19-8-6-7-9-19)14-15-24-23(26-17-22(28)27(2)3)25-16-18-10-12-20(29-4)13-11-18/h10-13,19,21H,5-9,14-17H2,1-4H3,(H2,24,25,26). The first-order valence-corrected chi connectivity index (χ1v) is 11.0. The highest BCUT2D eigenvalue weighted by Crippen LogP contribution is 2.30. The number of benzene rings is 1. The Kier molecular flexibility index (Phi) is 10.5. The predicted octanol–water partition coefficient (Wildman–Crippen LogP) is 2.80. The van der Waals surface area contributed by atoms with Gasteiger partial charge in [0.05, 0.1) is 26.3 Å². The summed E-state index contributed by atoms with van der Waals surface area (Å²) >= 11 is 0. The molecule has 1 unspecified atom stereocenters. The van der Waals surface area contributed by atoms with Crippen molar-refractivity contribution >= 4 is 11.9 Å². The van der Waals surface area contributed by atoms with Gasteiger partial charge in [0, 0.05) is 27.2 Å². The zero-order valence-electron chi connectivity index (χ0n) is 18.9. The summed E-state index contributed by atoms with van der Waals surface area (Å²) in [5.41, 5.74) is 1.08. The number of likely N-dealkylation sites (N-methyl/N-ethyl adjacent to an activating group) is 1. The van der Waals surface area contributed by atoms with Gasteiger partial charge in [0.25, 0.3) is 0 Å². The molecule has 1 aliphatic rings. The lowest BCUT2D eigenvalue weighted by Crippen LogP contribution is -2.44. The number of methoxy groups -OCH3 is 1. The number of nitrogens with one attached hydrogen (secondary N) is 2. The Labute approximate surface area is 181 Å². The molecule has 1 aromatic rings. The maximum atomic E-state index is 12.0. The Bertz CT molecular complexity index is 655. The van der Waals surface area contributed by atoms with Crippen LogP contribution in [0.1, 0.15) is 44.6 Å². The van der Waals surface area contributed by atoms with Gasteiger partial charge in [-0.3, -0.25) is 4.79 Å². The molecule has 2 N–H and O–H groups in total. The molecule has 0 bridgehead atoms. The van der Waals surface area contributed by atoms with E-state index in [0.29, 0.717) is 18.4 Å². The summed E-state index contributed by atoms with van der Waals surface area (Å²) in [5.74, 6) is 2.13. The van der Waals surface area contributed by atoms with Gasteiger partial charge in [-0.05, 0) is 49.8 Å². The third kappa shape index (κ3) is 8.22. The fourth-order valence-electron chi connectivity index (χ4n) is 3.72. The maximum Gasteiger partial charge on any atom is 0.241 e. The van der Waals surface area contributed by atoms with Crippen LogP contribution in [-0.2, 0) is 16.1 Å². The first-order chi connectivity index (χ1) is 14.5. The second-order valence-corrected chi connectivity index (χ2v) is 7.91. The lowest BCUT2D eigenvalue weighted by molar-refractivity contribution is -0.127. The molecular weight excluding hydrogens is 380 g/mol. The first kappa shape index (κ1) is 24.0. The van der Waals surface area contributed by atoms with Crippen LogP contribution in [0.25, 0.3) is 0 Å². The zero-order valence-corrected chi connectivity index (χ0v) is 18.9. The smallest absolute Gasteiger partial charge is 0.241 e. The number of aliphatic imine (C=N–C) groups is 1. The van der Waals surface area contributed by atoms with Crippen molar-refractivity contribution in [3.8, 4) is 5.75 Å². The number of ether oxygens (including phenoxy) is 2. The molecule has 2 rings (SSSR count). The van der Waals surface area contributed by atoms with Crippen LogP contribution in [0.15, 0.2) is 29.3 Å². The predicted molar refractivity (Wildman–Crippen MR) is 121 cm³/mol. The molecule has 0 heterocycles. The molecule has 168 valence electrons. The van der Waals surface area contributed by atoms with E-state index >= 15 is 0 Å². The number of rotatable bonds is 11. The number of carbonyl (C=O) groups excluding carboxylic acids is 1. The van der Waals surface area contributed by atoms with Gasteiger partial charge in [0.2, 0.25) is 5.91 Å². The van der Waals surface area contributed by atoms with E-state index in [1.54, 1.807) is 26.1 Å². The van der Waals surface area contributed by atoms with Gasteiger partial charge < -0.3 is 25.0 Å². The highest BCUT2D eigenvalue weighted by atomic mass is 16.5. The average Bonchev–Trinajstić information content (AvgIpc) is 3.29. The molecule has 1 aliphatic carbocycles. The topological polar surface area (TPSA) is 75.2 Å². The normalized spacial score (nSPS) is 15.7. The Balaban J connectivity index is 1.94. The molecule has 1 aromatic carbocycles. The molecule has 7 heteroatoms. The van der Waals surface area contributed by atoms with Crippen LogP contribution >= 0.6 is 0 Å². The highest BCUT2D eigenvalue weighted by molar-refractivity contribution is 5.86. The van der Waals surface area contributed by atoms with Gasteiger partial charge in [-0.2, -0.15) is 0 Å². The average molecular weight is 419 g/mol. The summed E-state index contributed by atoms with van der Waals surface area (Å²) in [5, 5.41) is 6.53. The Morgan fingerprint density at radius 2 is 1.90 bits per heavy atom. The van der Waals surface area contributed by atoms with E-state index in [0.717, 1.165) is 30.9 Å². The molecule has 0 radical (unpaired) electrons. The molecule has 30 heavy (non-hydrogen) atoms. The van der Waals surface area contributed by atoms with Crippen molar-refractivity contribution in [2.24, 2.45) is 10.9 Å². The minimum atomic E-state index is 0.00657. The second-order valence-electron chi connectivity index (χ2n) is 7.91. The van der Waals surface area contributed by atoms with Crippen LogP contribution in [0.5, 0.6) is 5.75 Å². The molecule has 0 aliphatic heterocycles. The van der Waals surface area contributed by atoms with Gasteiger partial charge in [0.1, 0.15) is 5.75 Å². The van der Waals surface area contributed by atoms with E-state index in [2.05, 4.69) is 22.5 Å². The van der Waals surface area contributed by atoms with Crippen LogP contribution in [0.4, 0.5) is 0 Å². The van der Waals surface area contributed by atoms with E-state index < -0.39 is 0 Å². The summed E-state index contributed by atoms with van der Waals surface area (Å²) in [6, 6.07) is 7.84. The summed E-state index contributed by atoms with van der Waals surface area (Å²) in [6.07, 6.45) is 6.37. The molecular formula is C23H38N4O3. The van der Waals surface area contributed by atoms with Gasteiger partial charge >= 0.3 is 0 Å². The van der Waals surface area contributed by atoms with Crippen molar-refractivity contribution in [3.05, 3.63) is 29.8 Å². The van der Waals surface area contributed by atoms with Gasteiger partial charge in [-0.15, -0.1) is 0 Å². The van der Waals surface area contributed by atoms with Crippen molar-refractivity contribution in [1.29, 1.82) is 0 Å². The van der Waals surface area contributed by atoms with Crippen molar-refractivity contribution in [2.45, 2.75) is 51.7 Å². The lowest BCUT2D eigenvalue weighted by Gasteiger charge is -2.24. The van der Waals surface area contributed by atoms with Crippen molar-refractivity contribution < 1.29 is 14.3 Å². The van der Waals surface area contributed by atoms with Gasteiger partial charge in [0.15, 0.2) is 5.96 Å². The van der Waals surface area contributed by atoms with Crippen LogP contribution in [0, 0.1) is 5.92 Å². The quantitative estimate of drug-likeness (QED) is 0.427. The Morgan fingerprint density at radius 1 is 1.20 bits per heavy atom. The first-order valence-electron chi connectivity index (χ1n) is 11.0. The molecule has 1 fully saturated rings. The Morgan fingerprint density at radius 3 is 2.50 bits per heavy atom. The lowest BCUT2D eigenvalue weighted by atomic mass is 9.98. The third-order valence-electron chi connectivity index (χ3n) is 5.51. The third-order valence-corrected chi connectivity index (χ3v) is 5.51. The molecule has 0 spiro atoms. The minimum Gasteiger partial charge on any atom is -0.497 e. The van der Waals surface area contributed by atoms with Crippen molar-refractivity contribution in [1.82, 2.24) is 15.5 Å². The minimum absolute atomic E-state index is 0.00657. The SMILES string of the molecule is CCOC(CCNC(=NCc1ccc(OC)cc1)NCC(=O)N(C)C)C1CCCC1.